The molecule has 3 aromatic heterocycles. The normalized spacial score (nSPS) is 11.4. The van der Waals surface area contributed by atoms with E-state index >= 15 is 0 Å². The van der Waals surface area contributed by atoms with Gasteiger partial charge in [-0.25, -0.2) is 9.97 Å². The fraction of sp³-hybridized carbons (Fsp3) is 0.238. The summed E-state index contributed by atoms with van der Waals surface area (Å²) in [6, 6.07) is 8.24. The molecule has 0 aliphatic rings. The number of carbonyl (C=O) groups excluding carboxylic acids is 1. The van der Waals surface area contributed by atoms with Gasteiger partial charge in [0.1, 0.15) is 10.7 Å². The highest BCUT2D eigenvalue weighted by molar-refractivity contribution is 7.98. The summed E-state index contributed by atoms with van der Waals surface area (Å²) < 4.78 is 0. The van der Waals surface area contributed by atoms with Crippen molar-refractivity contribution in [2.75, 3.05) is 0 Å². The zero-order valence-electron chi connectivity index (χ0n) is 16.0. The largest absolute Gasteiger partial charge is 0.309 e. The van der Waals surface area contributed by atoms with E-state index < -0.39 is 0 Å². The van der Waals surface area contributed by atoms with Crippen LogP contribution < -0.4 is 5.56 Å². The van der Waals surface area contributed by atoms with Crippen LogP contribution in [0.3, 0.4) is 0 Å². The molecule has 1 N–H and O–H groups in total. The van der Waals surface area contributed by atoms with Gasteiger partial charge in [-0.1, -0.05) is 30.0 Å². The molecule has 1 aromatic carbocycles. The van der Waals surface area contributed by atoms with Crippen molar-refractivity contribution in [2.24, 2.45) is 0 Å². The van der Waals surface area contributed by atoms with Crippen molar-refractivity contribution >= 4 is 50.0 Å². The number of thioether (sulfide) groups is 1. The van der Waals surface area contributed by atoms with Crippen molar-refractivity contribution in [3.8, 4) is 0 Å². The number of aromatic amines is 1. The number of aromatic nitrogens is 3. The lowest BCUT2D eigenvalue weighted by molar-refractivity contribution is 0.102. The van der Waals surface area contributed by atoms with Crippen molar-refractivity contribution in [2.45, 2.75) is 38.5 Å². The molecular weight excluding hydrogens is 390 g/mol. The molecule has 4 rings (SSSR count). The molecule has 5 nitrogen and oxygen atoms in total. The first kappa shape index (κ1) is 18.8. The van der Waals surface area contributed by atoms with E-state index in [-0.39, 0.29) is 11.3 Å². The second kappa shape index (κ2) is 7.14. The van der Waals surface area contributed by atoms with Crippen LogP contribution in [0.1, 0.15) is 39.1 Å². The van der Waals surface area contributed by atoms with Crippen molar-refractivity contribution < 1.29 is 4.79 Å². The number of hydrogen-bond donors (Lipinski definition) is 1. The fourth-order valence-corrected chi connectivity index (χ4v) is 5.27. The second-order valence-corrected chi connectivity index (χ2v) is 8.84. The van der Waals surface area contributed by atoms with E-state index in [2.05, 4.69) is 42.0 Å². The van der Waals surface area contributed by atoms with Crippen LogP contribution in [-0.4, -0.2) is 20.7 Å². The molecule has 0 bridgehead atoms. The third-order valence-electron chi connectivity index (χ3n) is 4.75. The van der Waals surface area contributed by atoms with Crippen LogP contribution in [0.2, 0.25) is 0 Å². The number of para-hydroxylation sites is 1. The van der Waals surface area contributed by atoms with Crippen LogP contribution in [0.15, 0.2) is 34.1 Å². The minimum absolute atomic E-state index is 0.0398. The van der Waals surface area contributed by atoms with E-state index in [1.807, 2.05) is 6.07 Å². The van der Waals surface area contributed by atoms with Crippen LogP contribution in [0.5, 0.6) is 0 Å². The molecule has 0 saturated carbocycles. The van der Waals surface area contributed by atoms with Crippen molar-refractivity contribution in [1.29, 1.82) is 0 Å². The average molecular weight is 410 g/mol. The highest BCUT2D eigenvalue weighted by atomic mass is 32.2. The predicted molar refractivity (Wildman–Crippen MR) is 116 cm³/mol. The van der Waals surface area contributed by atoms with E-state index in [1.54, 1.807) is 6.92 Å². The average Bonchev–Trinajstić information content (AvgIpc) is 2.98. The summed E-state index contributed by atoms with van der Waals surface area (Å²) >= 11 is 2.82. The summed E-state index contributed by atoms with van der Waals surface area (Å²) in [6.45, 7) is 7.45. The number of thiophene rings is 1. The van der Waals surface area contributed by atoms with Gasteiger partial charge in [0, 0.05) is 5.39 Å². The lowest BCUT2D eigenvalue weighted by Gasteiger charge is -2.08. The van der Waals surface area contributed by atoms with Gasteiger partial charge in [-0.15, -0.1) is 11.3 Å². The minimum atomic E-state index is -0.194. The highest BCUT2D eigenvalue weighted by Gasteiger charge is 2.17. The number of H-pyrrole nitrogens is 1. The minimum Gasteiger partial charge on any atom is -0.309 e. The lowest BCUT2D eigenvalue weighted by atomic mass is 10.1. The van der Waals surface area contributed by atoms with Crippen LogP contribution in [0, 0.1) is 20.8 Å². The number of rotatable bonds is 4. The van der Waals surface area contributed by atoms with E-state index in [9.17, 15) is 9.59 Å². The highest BCUT2D eigenvalue weighted by Crippen LogP contribution is 2.29. The number of ketones is 1. The topological polar surface area (TPSA) is 75.7 Å². The maximum Gasteiger partial charge on any atom is 0.259 e. The van der Waals surface area contributed by atoms with Crippen molar-refractivity contribution in [3.63, 3.8) is 0 Å². The monoisotopic (exact) mass is 409 g/mol. The summed E-state index contributed by atoms with van der Waals surface area (Å²) in [5, 5.41) is 2.57. The molecule has 0 radical (unpaired) electrons. The standard InChI is InChI=1S/C21H19N3O2S2/c1-10-6-5-7-14-11(2)8-16(24-18(10)14)27-9-15-22-20(26)17-12(3)19(13(4)25)28-21(17)23-15/h5-8H,9H2,1-4H3,(H,22,23,26). The molecule has 7 heteroatoms. The third-order valence-corrected chi connectivity index (χ3v) is 6.96. The van der Waals surface area contributed by atoms with Gasteiger partial charge in [0.2, 0.25) is 0 Å². The Balaban J connectivity index is 1.68. The fourth-order valence-electron chi connectivity index (χ4n) is 3.34. The molecule has 0 fully saturated rings. The SMILES string of the molecule is CC(=O)c1sc2nc(CSc3cc(C)c4cccc(C)c4n3)[nH]c(=O)c2c1C. The van der Waals surface area contributed by atoms with Crippen molar-refractivity contribution in [3.05, 3.63) is 62.0 Å². The molecule has 0 saturated heterocycles. The molecule has 0 amide bonds. The summed E-state index contributed by atoms with van der Waals surface area (Å²) in [5.74, 6) is 1.05. The molecule has 0 unspecified atom stereocenters. The first-order chi connectivity index (χ1) is 13.3. The van der Waals surface area contributed by atoms with Crippen LogP contribution in [0.4, 0.5) is 0 Å². The van der Waals surface area contributed by atoms with Crippen LogP contribution in [0.25, 0.3) is 21.1 Å². The van der Waals surface area contributed by atoms with Gasteiger partial charge in [0.15, 0.2) is 5.78 Å². The molecule has 28 heavy (non-hydrogen) atoms. The predicted octanol–water partition coefficient (Wildman–Crippen LogP) is 4.95. The Hall–Kier alpha value is -2.51. The molecular formula is C21H19N3O2S2. The molecule has 0 spiro atoms. The van der Waals surface area contributed by atoms with Crippen LogP contribution >= 0.6 is 23.1 Å². The number of pyridine rings is 1. The summed E-state index contributed by atoms with van der Waals surface area (Å²) in [6.07, 6.45) is 0. The van der Waals surface area contributed by atoms with E-state index in [0.29, 0.717) is 32.2 Å². The Labute approximate surface area is 170 Å². The molecule has 0 aliphatic carbocycles. The molecule has 0 aliphatic heterocycles. The first-order valence-electron chi connectivity index (χ1n) is 8.88. The number of aryl methyl sites for hydroxylation is 3. The Kier molecular flexibility index (Phi) is 4.81. The van der Waals surface area contributed by atoms with Gasteiger partial charge in [0.05, 0.1) is 26.6 Å². The first-order valence-corrected chi connectivity index (χ1v) is 10.7. The molecule has 4 aromatic rings. The molecule has 142 valence electrons. The maximum atomic E-state index is 12.5. The summed E-state index contributed by atoms with van der Waals surface area (Å²) in [7, 11) is 0. The zero-order chi connectivity index (χ0) is 20.0. The van der Waals surface area contributed by atoms with Gasteiger partial charge in [-0.3, -0.25) is 9.59 Å². The smallest absolute Gasteiger partial charge is 0.259 e. The second-order valence-electron chi connectivity index (χ2n) is 6.84. The lowest BCUT2D eigenvalue weighted by Crippen LogP contribution is -2.11. The number of carbonyl (C=O) groups is 1. The van der Waals surface area contributed by atoms with Gasteiger partial charge < -0.3 is 4.98 Å². The number of nitrogens with one attached hydrogen (secondary N) is 1. The van der Waals surface area contributed by atoms with Crippen molar-refractivity contribution in [1.82, 2.24) is 15.0 Å². The Bertz CT molecular complexity index is 1300. The number of hydrogen-bond acceptors (Lipinski definition) is 6. The quantitative estimate of drug-likeness (QED) is 0.381. The Morgan fingerprint density at radius 3 is 2.71 bits per heavy atom. The third kappa shape index (κ3) is 3.25. The number of fused-ring (bicyclic) bond motifs is 2. The molecule has 3 heterocycles. The van der Waals surface area contributed by atoms with Crippen LogP contribution in [-0.2, 0) is 5.75 Å². The maximum absolute atomic E-state index is 12.5. The number of Topliss-reactive ketones (excluding diaryl/α,β-unsaturated/α-hetero) is 1. The summed E-state index contributed by atoms with van der Waals surface area (Å²) in [5.41, 5.74) is 3.83. The summed E-state index contributed by atoms with van der Waals surface area (Å²) in [4.78, 5) is 37.7. The van der Waals surface area contributed by atoms with E-state index in [4.69, 9.17) is 4.98 Å². The van der Waals surface area contributed by atoms with Gasteiger partial charge in [0.25, 0.3) is 5.56 Å². The Morgan fingerprint density at radius 2 is 1.96 bits per heavy atom. The van der Waals surface area contributed by atoms with E-state index in [0.717, 1.165) is 21.5 Å². The van der Waals surface area contributed by atoms with E-state index in [1.165, 1.54) is 35.6 Å². The van der Waals surface area contributed by atoms with Gasteiger partial charge >= 0.3 is 0 Å². The number of nitrogens with zero attached hydrogens (tertiary/aromatic N) is 2. The molecule has 0 atom stereocenters. The Morgan fingerprint density at radius 1 is 1.18 bits per heavy atom. The number of benzene rings is 1. The van der Waals surface area contributed by atoms with Gasteiger partial charge in [-0.05, 0) is 50.5 Å². The van der Waals surface area contributed by atoms with Gasteiger partial charge in [-0.2, -0.15) is 0 Å². The zero-order valence-corrected chi connectivity index (χ0v) is 17.7.